The first-order valence-electron chi connectivity index (χ1n) is 17.7. The Kier molecular flexibility index (Phi) is 8.79. The van der Waals surface area contributed by atoms with Crippen molar-refractivity contribution in [3.05, 3.63) is 202 Å². The first kappa shape index (κ1) is 31.5. The molecule has 0 N–H and O–H groups in total. The molecule has 50 heavy (non-hydrogen) atoms. The summed E-state index contributed by atoms with van der Waals surface area (Å²) in [6.07, 6.45) is 20.0. The Labute approximate surface area is 296 Å². The van der Waals surface area contributed by atoms with Crippen LogP contribution in [0.4, 0.5) is 11.4 Å². The van der Waals surface area contributed by atoms with Gasteiger partial charge in [0.25, 0.3) is 0 Å². The Morgan fingerprint density at radius 2 is 1.16 bits per heavy atom. The third-order valence-corrected chi connectivity index (χ3v) is 10.3. The molecule has 2 unspecified atom stereocenters. The second kappa shape index (κ2) is 14.0. The van der Waals surface area contributed by atoms with E-state index < -0.39 is 0 Å². The number of aromatic nitrogens is 2. The predicted molar refractivity (Wildman–Crippen MR) is 209 cm³/mol. The number of benzene rings is 4. The highest BCUT2D eigenvalue weighted by Gasteiger charge is 2.42. The van der Waals surface area contributed by atoms with Crippen molar-refractivity contribution >= 4 is 34.7 Å². The molecular formula is C47H41N3. The van der Waals surface area contributed by atoms with Gasteiger partial charge in [0.15, 0.2) is 0 Å². The van der Waals surface area contributed by atoms with Crippen LogP contribution in [0.25, 0.3) is 23.3 Å². The third-order valence-electron chi connectivity index (χ3n) is 10.3. The van der Waals surface area contributed by atoms with Crippen LogP contribution >= 0.6 is 0 Å². The van der Waals surface area contributed by atoms with E-state index in [2.05, 4.69) is 168 Å². The summed E-state index contributed by atoms with van der Waals surface area (Å²) in [5, 5.41) is 0. The lowest BCUT2D eigenvalue weighted by atomic mass is 9.94. The minimum absolute atomic E-state index is 0.506. The lowest BCUT2D eigenvalue weighted by Gasteiger charge is -2.27. The van der Waals surface area contributed by atoms with Crippen LogP contribution in [0.3, 0.4) is 0 Å². The zero-order valence-electron chi connectivity index (χ0n) is 28.7. The molecule has 3 heteroatoms. The highest BCUT2D eigenvalue weighted by Crippen LogP contribution is 2.52. The fourth-order valence-corrected chi connectivity index (χ4v) is 7.69. The van der Waals surface area contributed by atoms with E-state index in [9.17, 15) is 0 Å². The molecule has 244 valence electrons. The summed E-state index contributed by atoms with van der Waals surface area (Å²) in [5.74, 6) is 0.562. The number of nitrogens with zero attached hydrogens (tertiary/aromatic N) is 3. The molecule has 1 fully saturated rings. The van der Waals surface area contributed by atoms with Gasteiger partial charge in [-0.2, -0.15) is 0 Å². The van der Waals surface area contributed by atoms with Gasteiger partial charge in [-0.25, -0.2) is 0 Å². The van der Waals surface area contributed by atoms with Crippen LogP contribution in [-0.4, -0.2) is 16.0 Å². The zero-order chi connectivity index (χ0) is 33.9. The van der Waals surface area contributed by atoms with Gasteiger partial charge in [0.05, 0.1) is 0 Å². The van der Waals surface area contributed by atoms with E-state index in [0.29, 0.717) is 12.0 Å². The van der Waals surface area contributed by atoms with Crippen molar-refractivity contribution in [1.82, 2.24) is 9.97 Å². The molecule has 8 rings (SSSR count). The average Bonchev–Trinajstić information content (AvgIpc) is 3.76. The summed E-state index contributed by atoms with van der Waals surface area (Å²) in [5.41, 5.74) is 16.2. The van der Waals surface area contributed by atoms with Gasteiger partial charge in [0, 0.05) is 48.1 Å². The minimum atomic E-state index is 0.506. The summed E-state index contributed by atoms with van der Waals surface area (Å²) < 4.78 is 0. The standard InChI is InChI=1S/C47H41N3/c1-33-9-16-37(17-10-33)44(38-18-11-34(2)12-19-38)31-36-13-20-41(21-14-36)50-46-8-4-7-43(46)45-32-35(15-22-47(45)50)5-3-6-42(39-23-27-48-28-24-39)40-25-29-49-30-26-40/h3,5-6,9-32,43,46H,4,7-8H2,1-2H3. The molecule has 2 aromatic heterocycles. The summed E-state index contributed by atoms with van der Waals surface area (Å²) >= 11 is 0. The van der Waals surface area contributed by atoms with Crippen LogP contribution in [0.15, 0.2) is 152 Å². The molecule has 0 saturated heterocycles. The quantitative estimate of drug-likeness (QED) is 0.122. The Morgan fingerprint density at radius 1 is 0.600 bits per heavy atom. The van der Waals surface area contributed by atoms with E-state index in [-0.39, 0.29) is 0 Å². The second-order valence-electron chi connectivity index (χ2n) is 13.6. The number of pyridine rings is 2. The molecule has 0 radical (unpaired) electrons. The fraction of sp³-hybridized carbons (Fsp3) is 0.149. The van der Waals surface area contributed by atoms with Gasteiger partial charge in [-0.05, 0) is 131 Å². The zero-order valence-corrected chi connectivity index (χ0v) is 28.7. The smallest absolute Gasteiger partial charge is 0.0450 e. The third kappa shape index (κ3) is 6.47. The first-order valence-corrected chi connectivity index (χ1v) is 17.7. The molecule has 3 nitrogen and oxygen atoms in total. The van der Waals surface area contributed by atoms with Crippen molar-refractivity contribution < 1.29 is 0 Å². The van der Waals surface area contributed by atoms with Crippen molar-refractivity contribution in [2.24, 2.45) is 0 Å². The SMILES string of the molecule is Cc1ccc(C(=Cc2ccc(N3c4ccc(C=CC=C(c5ccncc5)c5ccncc5)cc4C4CCCC43)cc2)c2ccc(C)cc2)cc1. The Balaban J connectivity index is 1.08. The molecule has 1 aliphatic heterocycles. The number of fused-ring (bicyclic) bond motifs is 3. The van der Waals surface area contributed by atoms with Crippen molar-refractivity contribution in [2.75, 3.05) is 4.90 Å². The molecule has 3 heterocycles. The Hall–Kier alpha value is -5.80. The first-order chi connectivity index (χ1) is 24.6. The highest BCUT2D eigenvalue weighted by molar-refractivity contribution is 5.92. The molecule has 0 spiro atoms. The number of aryl methyl sites for hydroxylation is 2. The minimum Gasteiger partial charge on any atom is -0.338 e. The number of hydrogen-bond donors (Lipinski definition) is 0. The van der Waals surface area contributed by atoms with Crippen LogP contribution in [0, 0.1) is 13.8 Å². The van der Waals surface area contributed by atoms with Crippen LogP contribution < -0.4 is 4.90 Å². The van der Waals surface area contributed by atoms with Crippen LogP contribution in [-0.2, 0) is 0 Å². The number of hydrogen-bond acceptors (Lipinski definition) is 3. The fourth-order valence-electron chi connectivity index (χ4n) is 7.69. The van der Waals surface area contributed by atoms with Crippen LogP contribution in [0.2, 0.25) is 0 Å². The maximum atomic E-state index is 4.22. The number of rotatable bonds is 8. The van der Waals surface area contributed by atoms with E-state index in [0.717, 1.165) is 16.7 Å². The van der Waals surface area contributed by atoms with E-state index in [1.54, 1.807) is 0 Å². The lowest BCUT2D eigenvalue weighted by molar-refractivity contribution is 0.642. The van der Waals surface area contributed by atoms with Crippen LogP contribution in [0.5, 0.6) is 0 Å². The summed E-state index contributed by atoms with van der Waals surface area (Å²) in [6, 6.07) is 42.7. The highest BCUT2D eigenvalue weighted by atomic mass is 15.2. The summed E-state index contributed by atoms with van der Waals surface area (Å²) in [6.45, 7) is 4.28. The second-order valence-corrected chi connectivity index (χ2v) is 13.6. The van der Waals surface area contributed by atoms with Gasteiger partial charge >= 0.3 is 0 Å². The normalized spacial score (nSPS) is 16.2. The Bertz CT molecular complexity index is 2090. The molecule has 2 aliphatic rings. The summed E-state index contributed by atoms with van der Waals surface area (Å²) in [7, 11) is 0. The molecular weight excluding hydrogens is 607 g/mol. The lowest BCUT2D eigenvalue weighted by Crippen LogP contribution is -2.26. The molecule has 4 aromatic carbocycles. The average molecular weight is 648 g/mol. The number of anilines is 2. The van der Waals surface area contributed by atoms with E-state index in [1.807, 2.05) is 24.8 Å². The molecule has 0 amide bonds. The van der Waals surface area contributed by atoms with E-state index in [4.69, 9.17) is 0 Å². The van der Waals surface area contributed by atoms with Gasteiger partial charge in [-0.1, -0.05) is 103 Å². The predicted octanol–water partition coefficient (Wildman–Crippen LogP) is 11.6. The van der Waals surface area contributed by atoms with Gasteiger partial charge < -0.3 is 4.90 Å². The molecule has 2 atom stereocenters. The van der Waals surface area contributed by atoms with Crippen LogP contribution in [0.1, 0.15) is 75.3 Å². The topological polar surface area (TPSA) is 29.0 Å². The maximum absolute atomic E-state index is 4.22. The van der Waals surface area contributed by atoms with Gasteiger partial charge in [0.1, 0.15) is 0 Å². The van der Waals surface area contributed by atoms with Gasteiger partial charge in [-0.15, -0.1) is 0 Å². The molecule has 0 bridgehead atoms. The molecule has 1 saturated carbocycles. The molecule has 1 aliphatic carbocycles. The van der Waals surface area contributed by atoms with E-state index >= 15 is 0 Å². The maximum Gasteiger partial charge on any atom is 0.0450 e. The summed E-state index contributed by atoms with van der Waals surface area (Å²) in [4.78, 5) is 11.0. The monoisotopic (exact) mass is 647 g/mol. The van der Waals surface area contributed by atoms with Crippen molar-refractivity contribution in [2.45, 2.75) is 45.1 Å². The van der Waals surface area contributed by atoms with Crippen molar-refractivity contribution in [3.8, 4) is 0 Å². The van der Waals surface area contributed by atoms with E-state index in [1.165, 1.54) is 75.2 Å². The van der Waals surface area contributed by atoms with Crippen molar-refractivity contribution in [1.29, 1.82) is 0 Å². The molecule has 6 aromatic rings. The van der Waals surface area contributed by atoms with Gasteiger partial charge in [0.2, 0.25) is 0 Å². The largest absolute Gasteiger partial charge is 0.338 e. The number of allylic oxidation sites excluding steroid dienone is 2. The van der Waals surface area contributed by atoms with Crippen molar-refractivity contribution in [3.63, 3.8) is 0 Å². The van der Waals surface area contributed by atoms with Gasteiger partial charge in [-0.3, -0.25) is 9.97 Å². The Morgan fingerprint density at radius 3 is 1.76 bits per heavy atom.